The van der Waals surface area contributed by atoms with Gasteiger partial charge in [-0.2, -0.15) is 16.8 Å². The third kappa shape index (κ3) is 3.41. The van der Waals surface area contributed by atoms with Crippen LogP contribution in [0.1, 0.15) is 32.6 Å². The Morgan fingerprint density at radius 2 is 2.23 bits per heavy atom. The predicted molar refractivity (Wildman–Crippen MR) is 91.6 cm³/mol. The fraction of sp³-hybridized carbons (Fsp3) is 0.588. The molecule has 0 spiro atoms. The topological polar surface area (TPSA) is 62.0 Å². The van der Waals surface area contributed by atoms with E-state index in [4.69, 9.17) is 0 Å². The number of carbonyl (C=O) groups excluding carboxylic acids is 1. The number of hydrogen-bond donors (Lipinski definition) is 1. The van der Waals surface area contributed by atoms with Crippen LogP contribution in [0.4, 0.5) is 0 Å². The molecule has 1 aliphatic heterocycles. The minimum atomic E-state index is -0.285. The van der Waals surface area contributed by atoms with Crippen LogP contribution in [0.2, 0.25) is 0 Å². The Kier molecular flexibility index (Phi) is 4.93. The third-order valence-electron chi connectivity index (χ3n) is 4.54. The van der Waals surface area contributed by atoms with Crippen LogP contribution in [0, 0.1) is 11.8 Å². The van der Waals surface area contributed by atoms with Gasteiger partial charge in [0.05, 0.1) is 11.5 Å². The Morgan fingerprint density at radius 3 is 3.05 bits per heavy atom. The second kappa shape index (κ2) is 6.92. The molecule has 1 amide bonds. The summed E-state index contributed by atoms with van der Waals surface area (Å²) < 4.78 is 0. The summed E-state index contributed by atoms with van der Waals surface area (Å²) in [6.45, 7) is 2.28. The fourth-order valence-electron chi connectivity index (χ4n) is 3.27. The van der Waals surface area contributed by atoms with Crippen LogP contribution in [0.15, 0.2) is 33.8 Å². The molecule has 0 aromatic heterocycles. The van der Waals surface area contributed by atoms with Crippen molar-refractivity contribution < 1.29 is 9.90 Å². The predicted octanol–water partition coefficient (Wildman–Crippen LogP) is 2.78. The van der Waals surface area contributed by atoms with Gasteiger partial charge in [0, 0.05) is 11.9 Å². The summed E-state index contributed by atoms with van der Waals surface area (Å²) in [5, 5.41) is 9.85. The lowest BCUT2D eigenvalue weighted by Crippen LogP contribution is -2.30. The minimum Gasteiger partial charge on any atom is -0.396 e. The smallest absolute Gasteiger partial charge is 0.260 e. The van der Waals surface area contributed by atoms with E-state index in [-0.39, 0.29) is 18.4 Å². The van der Waals surface area contributed by atoms with E-state index in [1.807, 2.05) is 36.9 Å². The number of amides is 1. The van der Waals surface area contributed by atoms with Gasteiger partial charge in [-0.3, -0.25) is 4.79 Å². The standard InChI is InChI=1S/C17H22N2O2S/c1-11-4-2-7-14-16(11)18-15(19-17(14)21)10-22-13-6-3-5-12(8-13)9-20/h2,4,7,12-14,20H,3,5-6,8-10H2,1H3/t12-,13+,14?/m0/s1. The van der Waals surface area contributed by atoms with Crippen LogP contribution in [0.5, 0.6) is 0 Å². The van der Waals surface area contributed by atoms with Crippen LogP contribution in [0.3, 0.4) is 0 Å². The van der Waals surface area contributed by atoms with Crippen LogP contribution >= 0.6 is 11.8 Å². The lowest BCUT2D eigenvalue weighted by atomic mass is 9.90. The average molecular weight is 318 g/mol. The summed E-state index contributed by atoms with van der Waals surface area (Å²) in [7, 11) is 0. The van der Waals surface area contributed by atoms with Crippen molar-refractivity contribution in [2.45, 2.75) is 37.9 Å². The van der Waals surface area contributed by atoms with Crippen molar-refractivity contribution >= 4 is 29.2 Å². The number of amidine groups is 1. The summed E-state index contributed by atoms with van der Waals surface area (Å²) in [5.41, 5.74) is 1.91. The monoisotopic (exact) mass is 318 g/mol. The van der Waals surface area contributed by atoms with Gasteiger partial charge in [0.25, 0.3) is 5.91 Å². The summed E-state index contributed by atoms with van der Waals surface area (Å²) in [6.07, 6.45) is 10.3. The Bertz CT molecular complexity index is 577. The number of fused-ring (bicyclic) bond motifs is 1. The van der Waals surface area contributed by atoms with Gasteiger partial charge in [0.2, 0.25) is 0 Å². The van der Waals surface area contributed by atoms with Crippen molar-refractivity contribution in [3.8, 4) is 0 Å². The quantitative estimate of drug-likeness (QED) is 0.867. The summed E-state index contributed by atoms with van der Waals surface area (Å²) in [4.78, 5) is 20.9. The number of nitrogens with zero attached hydrogens (tertiary/aromatic N) is 2. The lowest BCUT2D eigenvalue weighted by Gasteiger charge is -2.27. The third-order valence-corrected chi connectivity index (χ3v) is 5.87. The molecular formula is C17H22N2O2S. The normalized spacial score (nSPS) is 31.3. The zero-order valence-electron chi connectivity index (χ0n) is 12.9. The maximum Gasteiger partial charge on any atom is 0.260 e. The van der Waals surface area contributed by atoms with Gasteiger partial charge in [0.1, 0.15) is 11.8 Å². The molecule has 1 N–H and O–H groups in total. The van der Waals surface area contributed by atoms with Crippen molar-refractivity contribution in [2.24, 2.45) is 21.8 Å². The number of aliphatic hydroxyl groups is 1. The molecule has 0 aromatic rings. The van der Waals surface area contributed by atoms with Gasteiger partial charge in [-0.15, -0.1) is 0 Å². The molecule has 3 aliphatic rings. The first-order valence-corrected chi connectivity index (χ1v) is 9.00. The molecular weight excluding hydrogens is 296 g/mol. The van der Waals surface area contributed by atoms with Crippen molar-refractivity contribution in [3.05, 3.63) is 23.8 Å². The highest BCUT2D eigenvalue weighted by Crippen LogP contribution is 2.32. The van der Waals surface area contributed by atoms with Crippen molar-refractivity contribution in [1.82, 2.24) is 0 Å². The first-order valence-electron chi connectivity index (χ1n) is 7.95. The maximum atomic E-state index is 12.1. The van der Waals surface area contributed by atoms with E-state index in [9.17, 15) is 9.90 Å². The van der Waals surface area contributed by atoms with Crippen LogP contribution in [0.25, 0.3) is 0 Å². The highest BCUT2D eigenvalue weighted by molar-refractivity contribution is 8.00. The van der Waals surface area contributed by atoms with Crippen LogP contribution in [-0.2, 0) is 4.79 Å². The SMILES string of the molecule is CC1=CC=CC2C(=O)N=C(CS[C@@H]3CCC[C@H](CO)C3)N=C12. The van der Waals surface area contributed by atoms with Gasteiger partial charge in [-0.05, 0) is 37.7 Å². The number of aliphatic hydroxyl groups excluding tert-OH is 1. The minimum absolute atomic E-state index is 0.0961. The van der Waals surface area contributed by atoms with Crippen LogP contribution in [-0.4, -0.2) is 40.2 Å². The van der Waals surface area contributed by atoms with Crippen LogP contribution < -0.4 is 0 Å². The molecule has 22 heavy (non-hydrogen) atoms. The Hall–Kier alpha value is -1.20. The highest BCUT2D eigenvalue weighted by atomic mass is 32.2. The van der Waals surface area contributed by atoms with Gasteiger partial charge in [0.15, 0.2) is 0 Å². The zero-order chi connectivity index (χ0) is 15.5. The molecule has 0 bridgehead atoms. The number of hydrogen-bond acceptors (Lipinski definition) is 4. The molecule has 1 heterocycles. The van der Waals surface area contributed by atoms with Gasteiger partial charge < -0.3 is 5.11 Å². The molecule has 1 unspecified atom stereocenters. The maximum absolute atomic E-state index is 12.1. The molecule has 1 fully saturated rings. The number of rotatable bonds is 4. The average Bonchev–Trinajstić information content (AvgIpc) is 2.54. The molecule has 3 rings (SSSR count). The molecule has 0 radical (unpaired) electrons. The van der Waals surface area contributed by atoms with E-state index in [2.05, 4.69) is 9.98 Å². The van der Waals surface area contributed by atoms with Crippen molar-refractivity contribution in [3.63, 3.8) is 0 Å². The van der Waals surface area contributed by atoms with E-state index in [1.165, 1.54) is 12.8 Å². The largest absolute Gasteiger partial charge is 0.396 e. The first kappa shape index (κ1) is 15.7. The molecule has 3 atom stereocenters. The second-order valence-corrected chi connectivity index (χ2v) is 7.51. The first-order chi connectivity index (χ1) is 10.7. The second-order valence-electron chi connectivity index (χ2n) is 6.22. The Balaban J connectivity index is 1.62. The Labute approximate surface area is 135 Å². The molecule has 2 aliphatic carbocycles. The molecule has 4 nitrogen and oxygen atoms in total. The lowest BCUT2D eigenvalue weighted by molar-refractivity contribution is -0.118. The van der Waals surface area contributed by atoms with E-state index in [0.29, 0.717) is 22.8 Å². The van der Waals surface area contributed by atoms with E-state index in [1.54, 1.807) is 0 Å². The summed E-state index contributed by atoms with van der Waals surface area (Å²) in [6, 6.07) is 0. The number of allylic oxidation sites excluding steroid dienone is 3. The molecule has 118 valence electrons. The van der Waals surface area contributed by atoms with Gasteiger partial charge in [-0.1, -0.05) is 24.6 Å². The Morgan fingerprint density at radius 1 is 1.36 bits per heavy atom. The molecule has 0 saturated heterocycles. The van der Waals surface area contributed by atoms with E-state index >= 15 is 0 Å². The number of carbonyl (C=O) groups is 1. The zero-order valence-corrected chi connectivity index (χ0v) is 13.7. The number of thioether (sulfide) groups is 1. The van der Waals surface area contributed by atoms with Crippen molar-refractivity contribution in [1.29, 1.82) is 0 Å². The highest BCUT2D eigenvalue weighted by Gasteiger charge is 2.29. The summed E-state index contributed by atoms with van der Waals surface area (Å²) in [5.74, 6) is 1.39. The van der Waals surface area contributed by atoms with E-state index < -0.39 is 0 Å². The molecule has 1 saturated carbocycles. The van der Waals surface area contributed by atoms with Crippen molar-refractivity contribution in [2.75, 3.05) is 12.4 Å². The van der Waals surface area contributed by atoms with Gasteiger partial charge in [-0.25, -0.2) is 4.99 Å². The summed E-state index contributed by atoms with van der Waals surface area (Å²) >= 11 is 1.83. The van der Waals surface area contributed by atoms with E-state index in [0.717, 1.165) is 24.1 Å². The number of aliphatic imine (C=N–C) groups is 2. The molecule has 0 aromatic carbocycles. The molecule has 5 heteroatoms. The van der Waals surface area contributed by atoms with Gasteiger partial charge >= 0.3 is 0 Å². The fourth-order valence-corrected chi connectivity index (χ4v) is 4.52.